The van der Waals surface area contributed by atoms with Crippen molar-refractivity contribution in [1.82, 2.24) is 19.5 Å². The van der Waals surface area contributed by atoms with Crippen LogP contribution in [0.4, 0.5) is 5.95 Å². The zero-order chi connectivity index (χ0) is 22.9. The van der Waals surface area contributed by atoms with Gasteiger partial charge in [0.15, 0.2) is 0 Å². The molecule has 9 nitrogen and oxygen atoms in total. The average molecular weight is 462 g/mol. The van der Waals surface area contributed by atoms with Gasteiger partial charge < -0.3 is 4.74 Å². The summed E-state index contributed by atoms with van der Waals surface area (Å²) in [4.78, 5) is 43.4. The summed E-state index contributed by atoms with van der Waals surface area (Å²) in [5.74, 6) is 0.0113. The number of carbonyl (C=O) groups is 3. The van der Waals surface area contributed by atoms with E-state index in [2.05, 4.69) is 15.4 Å². The SMILES string of the molecule is COc1cccc(-c2csc3nc(NC(=O)CCCN4C(=O)c5ccccc5C4=O)nn23)c1. The molecule has 4 aromatic rings. The number of thiazole rings is 1. The Kier molecular flexibility index (Phi) is 5.35. The van der Waals surface area contributed by atoms with E-state index >= 15 is 0 Å². The summed E-state index contributed by atoms with van der Waals surface area (Å²) >= 11 is 1.41. The molecule has 1 aliphatic heterocycles. The molecule has 0 bridgehead atoms. The van der Waals surface area contributed by atoms with Gasteiger partial charge in [-0.05, 0) is 30.7 Å². The summed E-state index contributed by atoms with van der Waals surface area (Å²) in [7, 11) is 1.61. The Balaban J connectivity index is 1.21. The van der Waals surface area contributed by atoms with Crippen molar-refractivity contribution in [2.24, 2.45) is 0 Å². The summed E-state index contributed by atoms with van der Waals surface area (Å²) in [6, 6.07) is 14.3. The minimum absolute atomic E-state index is 0.128. The van der Waals surface area contributed by atoms with Gasteiger partial charge in [0.2, 0.25) is 16.8 Å². The molecule has 2 aromatic heterocycles. The predicted molar refractivity (Wildman–Crippen MR) is 123 cm³/mol. The minimum Gasteiger partial charge on any atom is -0.497 e. The Morgan fingerprint density at radius 3 is 2.58 bits per heavy atom. The fourth-order valence-corrected chi connectivity index (χ4v) is 4.57. The van der Waals surface area contributed by atoms with E-state index in [0.29, 0.717) is 22.5 Å². The second-order valence-corrected chi connectivity index (χ2v) is 8.28. The van der Waals surface area contributed by atoms with Crippen molar-refractivity contribution in [2.75, 3.05) is 19.0 Å². The highest BCUT2D eigenvalue weighted by Crippen LogP contribution is 2.28. The number of aromatic nitrogens is 3. The number of imide groups is 1. The van der Waals surface area contributed by atoms with Crippen LogP contribution in [0.1, 0.15) is 33.6 Å². The molecule has 0 saturated carbocycles. The first kappa shape index (κ1) is 20.8. The number of ether oxygens (including phenoxy) is 1. The van der Waals surface area contributed by atoms with E-state index in [1.165, 1.54) is 16.2 Å². The highest BCUT2D eigenvalue weighted by Gasteiger charge is 2.34. The lowest BCUT2D eigenvalue weighted by Crippen LogP contribution is -2.31. The number of nitrogens with one attached hydrogen (secondary N) is 1. The molecule has 1 N–H and O–H groups in total. The van der Waals surface area contributed by atoms with Crippen LogP contribution in [-0.4, -0.2) is 50.9 Å². The largest absolute Gasteiger partial charge is 0.497 e. The molecule has 166 valence electrons. The van der Waals surface area contributed by atoms with Crippen LogP contribution in [0.5, 0.6) is 5.75 Å². The van der Waals surface area contributed by atoms with Crippen LogP contribution in [0.15, 0.2) is 53.9 Å². The number of anilines is 1. The van der Waals surface area contributed by atoms with E-state index in [1.807, 2.05) is 29.6 Å². The molecule has 1 aliphatic rings. The van der Waals surface area contributed by atoms with Crippen molar-refractivity contribution < 1.29 is 19.1 Å². The molecule has 0 spiro atoms. The highest BCUT2D eigenvalue weighted by atomic mass is 32.1. The van der Waals surface area contributed by atoms with Gasteiger partial charge in [-0.15, -0.1) is 16.4 Å². The van der Waals surface area contributed by atoms with E-state index in [9.17, 15) is 14.4 Å². The summed E-state index contributed by atoms with van der Waals surface area (Å²) in [6.07, 6.45) is 0.470. The standard InChI is InChI=1S/C23H19N5O4S/c1-32-15-7-4-6-14(12-15)18-13-33-23-25-22(26-28(18)23)24-19(29)10-5-11-27-20(30)16-8-2-3-9-17(16)21(27)31/h2-4,6-9,12-13H,5,10-11H2,1H3,(H,24,26,29). The smallest absolute Gasteiger partial charge is 0.261 e. The van der Waals surface area contributed by atoms with Gasteiger partial charge in [-0.1, -0.05) is 24.3 Å². The van der Waals surface area contributed by atoms with Crippen molar-refractivity contribution in [3.8, 4) is 17.0 Å². The number of rotatable bonds is 7. The van der Waals surface area contributed by atoms with E-state index in [1.54, 1.807) is 35.9 Å². The summed E-state index contributed by atoms with van der Waals surface area (Å²) in [5, 5.41) is 9.04. The van der Waals surface area contributed by atoms with Gasteiger partial charge in [0.1, 0.15) is 5.75 Å². The first-order valence-corrected chi connectivity index (χ1v) is 11.2. The van der Waals surface area contributed by atoms with Crippen LogP contribution < -0.4 is 10.1 Å². The average Bonchev–Trinajstić information content (AvgIpc) is 3.47. The van der Waals surface area contributed by atoms with Crippen molar-refractivity contribution in [3.63, 3.8) is 0 Å². The van der Waals surface area contributed by atoms with Crippen molar-refractivity contribution >= 4 is 40.0 Å². The quantitative estimate of drug-likeness (QED) is 0.423. The van der Waals surface area contributed by atoms with Gasteiger partial charge in [-0.2, -0.15) is 4.98 Å². The maximum absolute atomic E-state index is 12.4. The molecular weight excluding hydrogens is 442 g/mol. The Labute approximate surface area is 192 Å². The number of carbonyl (C=O) groups excluding carboxylic acids is 3. The lowest BCUT2D eigenvalue weighted by atomic mass is 10.1. The topological polar surface area (TPSA) is 106 Å². The van der Waals surface area contributed by atoms with E-state index in [0.717, 1.165) is 17.0 Å². The number of hydrogen-bond donors (Lipinski definition) is 1. The van der Waals surface area contributed by atoms with Gasteiger partial charge in [0, 0.05) is 23.9 Å². The van der Waals surface area contributed by atoms with Crippen LogP contribution in [-0.2, 0) is 4.79 Å². The first-order valence-electron chi connectivity index (χ1n) is 10.3. The van der Waals surface area contributed by atoms with Crippen LogP contribution in [0.3, 0.4) is 0 Å². The molecule has 10 heteroatoms. The molecule has 0 atom stereocenters. The first-order chi connectivity index (χ1) is 16.0. The highest BCUT2D eigenvalue weighted by molar-refractivity contribution is 7.15. The van der Waals surface area contributed by atoms with Crippen molar-refractivity contribution in [2.45, 2.75) is 12.8 Å². The van der Waals surface area contributed by atoms with Crippen LogP contribution >= 0.6 is 11.3 Å². The normalized spacial score (nSPS) is 12.9. The number of amides is 3. The third-order valence-electron chi connectivity index (χ3n) is 5.36. The Hall–Kier alpha value is -4.05. The number of nitrogens with zero attached hydrogens (tertiary/aromatic N) is 4. The molecule has 0 unspecified atom stereocenters. The number of methoxy groups -OCH3 is 1. The molecule has 0 radical (unpaired) electrons. The maximum atomic E-state index is 12.4. The molecule has 5 rings (SSSR count). The molecule has 0 fully saturated rings. The fraction of sp³-hybridized carbons (Fsp3) is 0.174. The third kappa shape index (κ3) is 3.85. The van der Waals surface area contributed by atoms with E-state index < -0.39 is 0 Å². The number of fused-ring (bicyclic) bond motifs is 2. The molecule has 2 aromatic carbocycles. The lowest BCUT2D eigenvalue weighted by Gasteiger charge is -2.13. The second kappa shape index (κ2) is 8.47. The molecule has 0 saturated heterocycles. The molecule has 3 amide bonds. The number of benzene rings is 2. The summed E-state index contributed by atoms with van der Waals surface area (Å²) in [5.41, 5.74) is 2.57. The monoisotopic (exact) mass is 461 g/mol. The minimum atomic E-state index is -0.322. The zero-order valence-corrected chi connectivity index (χ0v) is 18.5. The Morgan fingerprint density at radius 2 is 1.85 bits per heavy atom. The van der Waals surface area contributed by atoms with Crippen molar-refractivity contribution in [1.29, 1.82) is 0 Å². The van der Waals surface area contributed by atoms with Crippen LogP contribution in [0, 0.1) is 0 Å². The molecule has 3 heterocycles. The lowest BCUT2D eigenvalue weighted by molar-refractivity contribution is -0.116. The van der Waals surface area contributed by atoms with Crippen LogP contribution in [0.25, 0.3) is 16.2 Å². The van der Waals surface area contributed by atoms with Gasteiger partial charge >= 0.3 is 0 Å². The summed E-state index contributed by atoms with van der Waals surface area (Å²) in [6.45, 7) is 0.172. The van der Waals surface area contributed by atoms with Gasteiger partial charge in [-0.3, -0.25) is 24.6 Å². The van der Waals surface area contributed by atoms with E-state index in [4.69, 9.17) is 4.74 Å². The van der Waals surface area contributed by atoms with Gasteiger partial charge in [-0.25, -0.2) is 4.52 Å². The van der Waals surface area contributed by atoms with Gasteiger partial charge in [0.05, 0.1) is 23.9 Å². The van der Waals surface area contributed by atoms with Crippen LogP contribution in [0.2, 0.25) is 0 Å². The maximum Gasteiger partial charge on any atom is 0.261 e. The second-order valence-electron chi connectivity index (χ2n) is 7.44. The summed E-state index contributed by atoms with van der Waals surface area (Å²) < 4.78 is 6.96. The Morgan fingerprint density at radius 1 is 1.09 bits per heavy atom. The van der Waals surface area contributed by atoms with Crippen molar-refractivity contribution in [3.05, 3.63) is 65.0 Å². The fourth-order valence-electron chi connectivity index (χ4n) is 3.74. The Bertz CT molecular complexity index is 1360. The predicted octanol–water partition coefficient (Wildman–Crippen LogP) is 3.48. The van der Waals surface area contributed by atoms with E-state index in [-0.39, 0.29) is 36.6 Å². The molecular formula is C23H19N5O4S. The molecule has 33 heavy (non-hydrogen) atoms. The number of hydrogen-bond acceptors (Lipinski definition) is 7. The molecule has 0 aliphatic carbocycles. The zero-order valence-electron chi connectivity index (χ0n) is 17.6. The van der Waals surface area contributed by atoms with Gasteiger partial charge in [0.25, 0.3) is 11.8 Å². The third-order valence-corrected chi connectivity index (χ3v) is 6.18.